The minimum Gasteiger partial charge on any atom is -0.444 e. The van der Waals surface area contributed by atoms with E-state index in [0.29, 0.717) is 17.0 Å². The molecule has 1 amide bonds. The highest BCUT2D eigenvalue weighted by Gasteiger charge is 2.31. The molecule has 1 aromatic carbocycles. The molecule has 0 fully saturated rings. The minimum atomic E-state index is -3.91. The van der Waals surface area contributed by atoms with Gasteiger partial charge in [-0.05, 0) is 38.3 Å². The third-order valence-electron chi connectivity index (χ3n) is 4.14. The molecule has 8 nitrogen and oxygen atoms in total. The maximum absolute atomic E-state index is 12.7. The second-order valence-electron chi connectivity index (χ2n) is 7.77. The van der Waals surface area contributed by atoms with Gasteiger partial charge >= 0.3 is 11.3 Å². The number of sulfone groups is 1. The molecule has 0 aliphatic rings. The summed E-state index contributed by atoms with van der Waals surface area (Å²) in [5, 5.41) is 10.1. The third-order valence-corrected chi connectivity index (χ3v) is 5.90. The van der Waals surface area contributed by atoms with Crippen LogP contribution in [0.5, 0.6) is 0 Å². The molecule has 0 radical (unpaired) electrons. The highest BCUT2D eigenvalue weighted by Crippen LogP contribution is 2.27. The van der Waals surface area contributed by atoms with Crippen molar-refractivity contribution >= 4 is 27.5 Å². The van der Waals surface area contributed by atoms with E-state index in [1.54, 1.807) is 45.0 Å². The van der Waals surface area contributed by atoms with E-state index in [0.717, 1.165) is 0 Å². The van der Waals surface area contributed by atoms with E-state index in [9.17, 15) is 13.2 Å². The van der Waals surface area contributed by atoms with Crippen molar-refractivity contribution in [3.63, 3.8) is 0 Å². The summed E-state index contributed by atoms with van der Waals surface area (Å²) in [5.74, 6) is -0.466. The zero-order chi connectivity index (χ0) is 21.8. The number of halogens is 1. The van der Waals surface area contributed by atoms with Crippen LogP contribution in [0.2, 0.25) is 5.02 Å². The molecular formula is C19H26ClN3O5S. The fourth-order valence-corrected chi connectivity index (χ4v) is 3.92. The van der Waals surface area contributed by atoms with E-state index >= 15 is 0 Å². The van der Waals surface area contributed by atoms with Crippen molar-refractivity contribution in [2.24, 2.45) is 5.92 Å². The Morgan fingerprint density at radius 2 is 1.93 bits per heavy atom. The van der Waals surface area contributed by atoms with Crippen LogP contribution in [-0.2, 0) is 20.3 Å². The lowest BCUT2D eigenvalue weighted by atomic mass is 9.99. The van der Waals surface area contributed by atoms with Gasteiger partial charge in [-0.25, -0.2) is 13.2 Å². The SMILES string of the molecule is CC[C@H](C)[C@@H](NC(=O)OC(C)(C)C)c1nnc(S(=O)(=O)Cc2ccccc2Cl)o1. The number of carbonyl (C=O) groups is 1. The van der Waals surface area contributed by atoms with Gasteiger partial charge in [0.25, 0.3) is 0 Å². The van der Waals surface area contributed by atoms with E-state index in [1.165, 1.54) is 0 Å². The molecule has 29 heavy (non-hydrogen) atoms. The maximum Gasteiger partial charge on any atom is 0.408 e. The van der Waals surface area contributed by atoms with Crippen LogP contribution < -0.4 is 5.32 Å². The number of hydrogen-bond acceptors (Lipinski definition) is 7. The van der Waals surface area contributed by atoms with Gasteiger partial charge in [-0.15, -0.1) is 5.10 Å². The Morgan fingerprint density at radius 3 is 2.52 bits per heavy atom. The van der Waals surface area contributed by atoms with E-state index in [4.69, 9.17) is 20.8 Å². The Kier molecular flexibility index (Phi) is 7.29. The first-order valence-electron chi connectivity index (χ1n) is 9.22. The molecule has 2 aromatic rings. The average Bonchev–Trinajstić information content (AvgIpc) is 3.10. The summed E-state index contributed by atoms with van der Waals surface area (Å²) in [6.07, 6.45) is 0.0337. The average molecular weight is 444 g/mol. The number of nitrogens with zero attached hydrogens (tertiary/aromatic N) is 2. The number of ether oxygens (including phenoxy) is 1. The Labute approximate surface area is 175 Å². The molecule has 1 aromatic heterocycles. The van der Waals surface area contributed by atoms with E-state index in [-0.39, 0.29) is 17.6 Å². The largest absolute Gasteiger partial charge is 0.444 e. The van der Waals surface area contributed by atoms with Crippen LogP contribution in [0.15, 0.2) is 33.9 Å². The summed E-state index contributed by atoms with van der Waals surface area (Å²) in [4.78, 5) is 12.2. The molecule has 0 saturated carbocycles. The fraction of sp³-hybridized carbons (Fsp3) is 0.526. The van der Waals surface area contributed by atoms with Crippen LogP contribution in [-0.4, -0.2) is 30.3 Å². The van der Waals surface area contributed by atoms with Crippen molar-refractivity contribution in [3.05, 3.63) is 40.7 Å². The quantitative estimate of drug-likeness (QED) is 0.678. The normalized spacial score (nSPS) is 14.3. The number of rotatable bonds is 7. The number of carbonyl (C=O) groups excluding carboxylic acids is 1. The van der Waals surface area contributed by atoms with Gasteiger partial charge in [0.1, 0.15) is 11.6 Å². The molecule has 0 aliphatic carbocycles. The standard InChI is InChI=1S/C19H26ClN3O5S/c1-6-12(2)15(21-17(24)28-19(3,4)5)16-22-23-18(27-16)29(25,26)11-13-9-7-8-10-14(13)20/h7-10,12,15H,6,11H2,1-5H3,(H,21,24)/t12-,15+/m0/s1. The highest BCUT2D eigenvalue weighted by molar-refractivity contribution is 7.90. The summed E-state index contributed by atoms with van der Waals surface area (Å²) in [5.41, 5.74) is -0.248. The van der Waals surface area contributed by atoms with E-state index in [1.807, 2.05) is 13.8 Å². The molecule has 0 unspecified atom stereocenters. The van der Waals surface area contributed by atoms with Gasteiger partial charge in [0, 0.05) is 5.02 Å². The van der Waals surface area contributed by atoms with Crippen LogP contribution >= 0.6 is 11.6 Å². The van der Waals surface area contributed by atoms with Crippen molar-refractivity contribution < 1.29 is 22.4 Å². The molecule has 0 spiro atoms. The topological polar surface area (TPSA) is 111 Å². The Hall–Kier alpha value is -2.13. The predicted octanol–water partition coefficient (Wildman–Crippen LogP) is 4.31. The molecule has 0 bridgehead atoms. The lowest BCUT2D eigenvalue weighted by molar-refractivity contribution is 0.0473. The molecule has 10 heteroatoms. The van der Waals surface area contributed by atoms with Crippen molar-refractivity contribution in [2.75, 3.05) is 0 Å². The molecular weight excluding hydrogens is 418 g/mol. The van der Waals surface area contributed by atoms with Crippen molar-refractivity contribution in [2.45, 2.75) is 63.7 Å². The van der Waals surface area contributed by atoms with Crippen LogP contribution in [0, 0.1) is 5.92 Å². The van der Waals surface area contributed by atoms with Gasteiger partial charge in [-0.2, -0.15) is 0 Å². The number of hydrogen-bond donors (Lipinski definition) is 1. The zero-order valence-corrected chi connectivity index (χ0v) is 18.7. The van der Waals surface area contributed by atoms with Crippen LogP contribution in [0.1, 0.15) is 58.5 Å². The summed E-state index contributed by atoms with van der Waals surface area (Å²) >= 11 is 6.05. The molecule has 0 saturated heterocycles. The molecule has 2 atom stereocenters. The summed E-state index contributed by atoms with van der Waals surface area (Å²) in [6, 6.07) is 5.94. The number of nitrogens with one attached hydrogen (secondary N) is 1. The predicted molar refractivity (Wildman–Crippen MR) is 108 cm³/mol. The lowest BCUT2D eigenvalue weighted by Crippen LogP contribution is -2.37. The highest BCUT2D eigenvalue weighted by atomic mass is 35.5. The zero-order valence-electron chi connectivity index (χ0n) is 17.1. The second kappa shape index (κ2) is 9.13. The van der Waals surface area contributed by atoms with Crippen LogP contribution in [0.25, 0.3) is 0 Å². The van der Waals surface area contributed by atoms with Gasteiger partial charge in [0.05, 0.1) is 5.75 Å². The molecule has 1 N–H and O–H groups in total. The first kappa shape index (κ1) is 23.2. The monoisotopic (exact) mass is 443 g/mol. The molecule has 160 valence electrons. The van der Waals surface area contributed by atoms with E-state index < -0.39 is 32.8 Å². The Balaban J connectivity index is 2.25. The molecule has 0 aliphatic heterocycles. The molecule has 2 rings (SSSR count). The van der Waals surface area contributed by atoms with Gasteiger partial charge in [0.2, 0.25) is 15.7 Å². The van der Waals surface area contributed by atoms with Gasteiger partial charge in [-0.1, -0.05) is 55.2 Å². The van der Waals surface area contributed by atoms with Crippen molar-refractivity contribution in [1.82, 2.24) is 15.5 Å². The van der Waals surface area contributed by atoms with Gasteiger partial charge in [-0.3, -0.25) is 0 Å². The number of amides is 1. The summed E-state index contributed by atoms with van der Waals surface area (Å²) < 4.78 is 36.1. The molecule has 1 heterocycles. The first-order chi connectivity index (χ1) is 13.4. The lowest BCUT2D eigenvalue weighted by Gasteiger charge is -2.24. The number of alkyl carbamates (subject to hydrolysis) is 1. The van der Waals surface area contributed by atoms with Crippen molar-refractivity contribution in [1.29, 1.82) is 0 Å². The second-order valence-corrected chi connectivity index (χ2v) is 10.0. The Morgan fingerprint density at radius 1 is 1.28 bits per heavy atom. The van der Waals surface area contributed by atoms with Crippen molar-refractivity contribution in [3.8, 4) is 0 Å². The van der Waals surface area contributed by atoms with Crippen LogP contribution in [0.4, 0.5) is 4.79 Å². The summed E-state index contributed by atoms with van der Waals surface area (Å²) in [7, 11) is -3.91. The van der Waals surface area contributed by atoms with Gasteiger partial charge in [0.15, 0.2) is 0 Å². The number of aromatic nitrogens is 2. The third kappa shape index (κ3) is 6.43. The first-order valence-corrected chi connectivity index (χ1v) is 11.2. The fourth-order valence-electron chi connectivity index (χ4n) is 2.47. The Bertz CT molecular complexity index is 953. The maximum atomic E-state index is 12.7. The van der Waals surface area contributed by atoms with Gasteiger partial charge < -0.3 is 14.5 Å². The minimum absolute atomic E-state index is 0.00272. The summed E-state index contributed by atoms with van der Waals surface area (Å²) in [6.45, 7) is 9.05. The van der Waals surface area contributed by atoms with E-state index in [2.05, 4.69) is 15.5 Å². The number of benzene rings is 1. The van der Waals surface area contributed by atoms with Crippen LogP contribution in [0.3, 0.4) is 0 Å². The smallest absolute Gasteiger partial charge is 0.408 e.